The van der Waals surface area contributed by atoms with Crippen molar-refractivity contribution in [2.75, 3.05) is 20.8 Å². The molecular formula is C16H17BrO4. The Bertz CT molecular complexity index is 667. The van der Waals surface area contributed by atoms with Gasteiger partial charge in [0.1, 0.15) is 17.1 Å². The van der Waals surface area contributed by atoms with E-state index in [9.17, 15) is 4.79 Å². The van der Waals surface area contributed by atoms with E-state index in [4.69, 9.17) is 14.2 Å². The zero-order valence-electron chi connectivity index (χ0n) is 12.2. The maximum Gasteiger partial charge on any atom is 0.342 e. The number of benzene rings is 2. The monoisotopic (exact) mass is 352 g/mol. The number of esters is 1. The third-order valence-corrected chi connectivity index (χ3v) is 3.80. The summed E-state index contributed by atoms with van der Waals surface area (Å²) < 4.78 is 16.2. The van der Waals surface area contributed by atoms with Crippen LogP contribution in [0.5, 0.6) is 11.5 Å². The maximum absolute atomic E-state index is 12.3. The molecule has 0 amide bonds. The number of ether oxygens (including phenoxy) is 3. The first-order valence-corrected chi connectivity index (χ1v) is 7.70. The van der Waals surface area contributed by atoms with Gasteiger partial charge in [0.05, 0.1) is 20.8 Å². The van der Waals surface area contributed by atoms with Gasteiger partial charge in [-0.2, -0.15) is 0 Å². The van der Waals surface area contributed by atoms with Crippen LogP contribution in [0.1, 0.15) is 22.8 Å². The number of halogens is 1. The fraction of sp³-hybridized carbons (Fsp3) is 0.312. The fourth-order valence-corrected chi connectivity index (χ4v) is 2.95. The topological polar surface area (TPSA) is 44.8 Å². The van der Waals surface area contributed by atoms with Crippen LogP contribution < -0.4 is 9.47 Å². The van der Waals surface area contributed by atoms with Gasteiger partial charge in [-0.15, -0.1) is 0 Å². The van der Waals surface area contributed by atoms with Crippen LogP contribution >= 0.6 is 15.9 Å². The van der Waals surface area contributed by atoms with Crippen molar-refractivity contribution in [3.63, 3.8) is 0 Å². The normalized spacial score (nSPS) is 10.5. The molecule has 0 unspecified atom stereocenters. The number of hydrogen-bond acceptors (Lipinski definition) is 4. The maximum atomic E-state index is 12.3. The van der Waals surface area contributed by atoms with E-state index in [1.165, 1.54) is 0 Å². The number of carbonyl (C=O) groups is 1. The summed E-state index contributed by atoms with van der Waals surface area (Å²) in [7, 11) is 3.14. The van der Waals surface area contributed by atoms with Gasteiger partial charge < -0.3 is 14.2 Å². The zero-order valence-corrected chi connectivity index (χ0v) is 13.8. The molecule has 0 bridgehead atoms. The molecule has 21 heavy (non-hydrogen) atoms. The van der Waals surface area contributed by atoms with Gasteiger partial charge >= 0.3 is 5.97 Å². The molecule has 2 rings (SSSR count). The van der Waals surface area contributed by atoms with Crippen molar-refractivity contribution in [3.05, 3.63) is 35.4 Å². The lowest BCUT2D eigenvalue weighted by Gasteiger charge is -2.18. The van der Waals surface area contributed by atoms with E-state index in [0.29, 0.717) is 29.0 Å². The van der Waals surface area contributed by atoms with Crippen LogP contribution in [0.2, 0.25) is 0 Å². The second kappa shape index (κ2) is 6.80. The molecule has 0 atom stereocenters. The van der Waals surface area contributed by atoms with Gasteiger partial charge in [0.25, 0.3) is 0 Å². The molecule has 0 spiro atoms. The molecule has 0 radical (unpaired) electrons. The summed E-state index contributed by atoms with van der Waals surface area (Å²) >= 11 is 3.43. The summed E-state index contributed by atoms with van der Waals surface area (Å²) in [5.41, 5.74) is 1.14. The molecule has 0 aliphatic rings. The van der Waals surface area contributed by atoms with E-state index in [0.717, 1.165) is 16.3 Å². The predicted molar refractivity (Wildman–Crippen MR) is 85.6 cm³/mol. The SMILES string of the molecule is CCOC(=O)c1c(CBr)c(OC)c2ccccc2c1OC. The van der Waals surface area contributed by atoms with Gasteiger partial charge in [-0.25, -0.2) is 4.79 Å². The van der Waals surface area contributed by atoms with Crippen molar-refractivity contribution in [3.8, 4) is 11.5 Å². The van der Waals surface area contributed by atoms with Crippen LogP contribution in [0.25, 0.3) is 10.8 Å². The van der Waals surface area contributed by atoms with Gasteiger partial charge in [0.2, 0.25) is 0 Å². The Kier molecular flexibility index (Phi) is 5.07. The van der Waals surface area contributed by atoms with Gasteiger partial charge in [0, 0.05) is 21.7 Å². The zero-order chi connectivity index (χ0) is 15.4. The van der Waals surface area contributed by atoms with E-state index in [-0.39, 0.29) is 0 Å². The lowest BCUT2D eigenvalue weighted by Crippen LogP contribution is -2.11. The van der Waals surface area contributed by atoms with Crippen molar-refractivity contribution < 1.29 is 19.0 Å². The van der Waals surface area contributed by atoms with E-state index in [1.807, 2.05) is 24.3 Å². The van der Waals surface area contributed by atoms with Crippen LogP contribution in [0.3, 0.4) is 0 Å². The Hall–Kier alpha value is -1.75. The minimum atomic E-state index is -0.409. The second-order valence-corrected chi connectivity index (χ2v) is 4.88. The van der Waals surface area contributed by atoms with E-state index in [1.54, 1.807) is 21.1 Å². The average molecular weight is 353 g/mol. The number of hydrogen-bond donors (Lipinski definition) is 0. The highest BCUT2D eigenvalue weighted by atomic mass is 79.9. The van der Waals surface area contributed by atoms with Crippen LogP contribution in [0.4, 0.5) is 0 Å². The third-order valence-electron chi connectivity index (χ3n) is 3.24. The van der Waals surface area contributed by atoms with Crippen LogP contribution in [-0.2, 0) is 10.1 Å². The predicted octanol–water partition coefficient (Wildman–Crippen LogP) is 3.93. The highest BCUT2D eigenvalue weighted by Gasteiger charge is 2.25. The number of rotatable bonds is 5. The van der Waals surface area contributed by atoms with E-state index >= 15 is 0 Å². The number of fused-ring (bicyclic) bond motifs is 1. The molecule has 0 aliphatic carbocycles. The minimum Gasteiger partial charge on any atom is -0.496 e. The molecular weight excluding hydrogens is 336 g/mol. The first-order chi connectivity index (χ1) is 10.2. The molecule has 5 heteroatoms. The number of alkyl halides is 1. The quantitative estimate of drug-likeness (QED) is 0.604. The summed E-state index contributed by atoms with van der Waals surface area (Å²) in [6.07, 6.45) is 0. The Balaban J connectivity index is 2.89. The van der Waals surface area contributed by atoms with Crippen LogP contribution in [0, 0.1) is 0 Å². The van der Waals surface area contributed by atoms with E-state index in [2.05, 4.69) is 15.9 Å². The molecule has 0 saturated carbocycles. The largest absolute Gasteiger partial charge is 0.496 e. The highest BCUT2D eigenvalue weighted by Crippen LogP contribution is 2.41. The van der Waals surface area contributed by atoms with Crippen molar-refractivity contribution >= 4 is 32.7 Å². The fourth-order valence-electron chi connectivity index (χ4n) is 2.42. The Labute approximate surface area is 132 Å². The standard InChI is InChI=1S/C16H17BrO4/c1-4-21-16(18)13-12(9-17)14(19-2)10-7-5-6-8-11(10)15(13)20-3/h5-8H,4,9H2,1-3H3. The number of carbonyl (C=O) groups excluding carboxylic acids is 1. The molecule has 0 fully saturated rings. The van der Waals surface area contributed by atoms with E-state index < -0.39 is 5.97 Å². The molecule has 2 aromatic carbocycles. The Morgan fingerprint density at radius 1 is 1.10 bits per heavy atom. The second-order valence-electron chi connectivity index (χ2n) is 4.32. The molecule has 4 nitrogen and oxygen atoms in total. The molecule has 112 valence electrons. The average Bonchev–Trinajstić information content (AvgIpc) is 2.52. The lowest BCUT2D eigenvalue weighted by molar-refractivity contribution is 0.0521. The highest BCUT2D eigenvalue weighted by molar-refractivity contribution is 9.08. The Morgan fingerprint density at radius 3 is 2.14 bits per heavy atom. The molecule has 0 aliphatic heterocycles. The van der Waals surface area contributed by atoms with Gasteiger partial charge in [0.15, 0.2) is 0 Å². The third kappa shape index (κ3) is 2.70. The lowest BCUT2D eigenvalue weighted by atomic mass is 9.98. The van der Waals surface area contributed by atoms with Crippen molar-refractivity contribution in [1.82, 2.24) is 0 Å². The summed E-state index contributed by atoms with van der Waals surface area (Å²) in [4.78, 5) is 12.3. The summed E-state index contributed by atoms with van der Waals surface area (Å²) in [5.74, 6) is 0.762. The summed E-state index contributed by atoms with van der Waals surface area (Å²) in [5, 5.41) is 2.19. The number of methoxy groups -OCH3 is 2. The molecule has 0 heterocycles. The molecule has 0 saturated heterocycles. The summed E-state index contributed by atoms with van der Waals surface area (Å²) in [6.45, 7) is 2.08. The van der Waals surface area contributed by atoms with Crippen molar-refractivity contribution in [2.45, 2.75) is 12.3 Å². The van der Waals surface area contributed by atoms with Crippen molar-refractivity contribution in [2.24, 2.45) is 0 Å². The van der Waals surface area contributed by atoms with Gasteiger partial charge in [-0.3, -0.25) is 0 Å². The first-order valence-electron chi connectivity index (χ1n) is 6.58. The smallest absolute Gasteiger partial charge is 0.342 e. The van der Waals surface area contributed by atoms with Crippen LogP contribution in [-0.4, -0.2) is 26.8 Å². The molecule has 2 aromatic rings. The van der Waals surface area contributed by atoms with Gasteiger partial charge in [-0.05, 0) is 6.92 Å². The molecule has 0 N–H and O–H groups in total. The van der Waals surface area contributed by atoms with Crippen LogP contribution in [0.15, 0.2) is 24.3 Å². The van der Waals surface area contributed by atoms with Crippen molar-refractivity contribution in [1.29, 1.82) is 0 Å². The summed E-state index contributed by atoms with van der Waals surface area (Å²) in [6, 6.07) is 7.66. The van der Waals surface area contributed by atoms with Gasteiger partial charge in [-0.1, -0.05) is 40.2 Å². The minimum absolute atomic E-state index is 0.304. The first kappa shape index (κ1) is 15.6. The molecule has 0 aromatic heterocycles. The Morgan fingerprint density at radius 2 is 1.67 bits per heavy atom.